The third-order valence-corrected chi connectivity index (χ3v) is 3.95. The van der Waals surface area contributed by atoms with Crippen LogP contribution in [0.4, 0.5) is 0 Å². The molecule has 0 saturated heterocycles. The molecule has 0 atom stereocenters. The van der Waals surface area contributed by atoms with Gasteiger partial charge >= 0.3 is 5.97 Å². The molecule has 1 saturated carbocycles. The molecule has 2 rings (SSSR count). The summed E-state index contributed by atoms with van der Waals surface area (Å²) in [4.78, 5) is 13.5. The molecule has 1 N–H and O–H groups in total. The fraction of sp³-hybridized carbons (Fsp3) is 0.500. The summed E-state index contributed by atoms with van der Waals surface area (Å²) in [5, 5.41) is 9.30. The van der Waals surface area contributed by atoms with Gasteiger partial charge in [0.25, 0.3) is 0 Å². The van der Waals surface area contributed by atoms with Crippen molar-refractivity contribution in [3.05, 3.63) is 35.4 Å². The SMILES string of the molecule is CN(C)C1(c2ccccc2C(=O)O)CCCC1. The van der Waals surface area contributed by atoms with E-state index in [0.717, 1.165) is 18.4 Å². The third kappa shape index (κ3) is 1.95. The van der Waals surface area contributed by atoms with Crippen LogP contribution in [0.15, 0.2) is 24.3 Å². The molecule has 0 amide bonds. The molecule has 0 radical (unpaired) electrons. The Hall–Kier alpha value is -1.35. The van der Waals surface area contributed by atoms with Gasteiger partial charge in [-0.15, -0.1) is 0 Å². The van der Waals surface area contributed by atoms with E-state index in [1.54, 1.807) is 12.1 Å². The number of hydrogen-bond donors (Lipinski definition) is 1. The van der Waals surface area contributed by atoms with Crippen LogP contribution in [0.25, 0.3) is 0 Å². The fourth-order valence-electron chi connectivity index (χ4n) is 2.99. The van der Waals surface area contributed by atoms with Crippen LogP contribution in [-0.2, 0) is 5.54 Å². The van der Waals surface area contributed by atoms with E-state index in [1.165, 1.54) is 12.8 Å². The van der Waals surface area contributed by atoms with E-state index >= 15 is 0 Å². The highest BCUT2D eigenvalue weighted by Gasteiger charge is 2.39. The zero-order valence-electron chi connectivity index (χ0n) is 10.4. The Balaban J connectivity index is 2.54. The Kier molecular flexibility index (Phi) is 3.20. The molecular weight excluding hydrogens is 214 g/mol. The maximum absolute atomic E-state index is 11.3. The molecule has 0 aliphatic heterocycles. The van der Waals surface area contributed by atoms with Crippen LogP contribution >= 0.6 is 0 Å². The average molecular weight is 233 g/mol. The highest BCUT2D eigenvalue weighted by molar-refractivity contribution is 5.89. The van der Waals surface area contributed by atoms with Gasteiger partial charge in [0, 0.05) is 5.54 Å². The molecule has 92 valence electrons. The van der Waals surface area contributed by atoms with E-state index in [-0.39, 0.29) is 5.54 Å². The van der Waals surface area contributed by atoms with Gasteiger partial charge in [-0.1, -0.05) is 31.0 Å². The summed E-state index contributed by atoms with van der Waals surface area (Å²) >= 11 is 0. The Morgan fingerprint density at radius 2 is 1.82 bits per heavy atom. The standard InChI is InChI=1S/C14H19NO2/c1-15(2)14(9-5-6-10-14)12-8-4-3-7-11(12)13(16)17/h3-4,7-8H,5-6,9-10H2,1-2H3,(H,16,17). The van der Waals surface area contributed by atoms with Crippen LogP contribution in [0.2, 0.25) is 0 Å². The van der Waals surface area contributed by atoms with Gasteiger partial charge in [0.15, 0.2) is 0 Å². The first-order valence-corrected chi connectivity index (χ1v) is 6.08. The van der Waals surface area contributed by atoms with Gasteiger partial charge in [0.05, 0.1) is 5.56 Å². The van der Waals surface area contributed by atoms with E-state index in [2.05, 4.69) is 4.90 Å². The molecule has 0 bridgehead atoms. The lowest BCUT2D eigenvalue weighted by molar-refractivity contribution is 0.0686. The molecule has 1 aromatic rings. The monoisotopic (exact) mass is 233 g/mol. The van der Waals surface area contributed by atoms with Crippen LogP contribution in [0.1, 0.15) is 41.6 Å². The van der Waals surface area contributed by atoms with Gasteiger partial charge < -0.3 is 5.11 Å². The van der Waals surface area contributed by atoms with Gasteiger partial charge in [-0.05, 0) is 38.6 Å². The smallest absolute Gasteiger partial charge is 0.336 e. The number of benzene rings is 1. The molecule has 0 aromatic heterocycles. The van der Waals surface area contributed by atoms with Crippen molar-refractivity contribution in [2.45, 2.75) is 31.2 Å². The molecule has 3 heteroatoms. The predicted octanol–water partition coefficient (Wildman–Crippen LogP) is 2.72. The second kappa shape index (κ2) is 4.49. The molecule has 1 aromatic carbocycles. The van der Waals surface area contributed by atoms with Crippen LogP contribution < -0.4 is 0 Å². The van der Waals surface area contributed by atoms with Gasteiger partial charge in [0.1, 0.15) is 0 Å². The number of nitrogens with zero attached hydrogens (tertiary/aromatic N) is 1. The second-order valence-electron chi connectivity index (χ2n) is 4.98. The van der Waals surface area contributed by atoms with Crippen molar-refractivity contribution >= 4 is 5.97 Å². The van der Waals surface area contributed by atoms with Crippen molar-refractivity contribution in [1.29, 1.82) is 0 Å². The summed E-state index contributed by atoms with van der Waals surface area (Å²) in [5.74, 6) is -0.825. The lowest BCUT2D eigenvalue weighted by atomic mass is 9.84. The van der Waals surface area contributed by atoms with E-state index in [0.29, 0.717) is 5.56 Å². The molecule has 3 nitrogen and oxygen atoms in total. The second-order valence-corrected chi connectivity index (χ2v) is 4.98. The van der Waals surface area contributed by atoms with Crippen LogP contribution in [0, 0.1) is 0 Å². The topological polar surface area (TPSA) is 40.5 Å². The minimum absolute atomic E-state index is 0.0883. The molecule has 1 fully saturated rings. The molecule has 0 heterocycles. The molecular formula is C14H19NO2. The quantitative estimate of drug-likeness (QED) is 0.872. The normalized spacial score (nSPS) is 18.5. The Morgan fingerprint density at radius 1 is 1.24 bits per heavy atom. The number of carbonyl (C=O) groups is 1. The number of rotatable bonds is 3. The van der Waals surface area contributed by atoms with E-state index < -0.39 is 5.97 Å². The highest BCUT2D eigenvalue weighted by atomic mass is 16.4. The molecule has 0 unspecified atom stereocenters. The number of carboxylic acid groups (broad SMARTS) is 1. The van der Waals surface area contributed by atoms with Crippen molar-refractivity contribution in [1.82, 2.24) is 4.90 Å². The molecule has 17 heavy (non-hydrogen) atoms. The van der Waals surface area contributed by atoms with Crippen molar-refractivity contribution in [3.8, 4) is 0 Å². The van der Waals surface area contributed by atoms with Gasteiger partial charge in [-0.25, -0.2) is 4.79 Å². The summed E-state index contributed by atoms with van der Waals surface area (Å²) in [6.07, 6.45) is 4.44. The minimum Gasteiger partial charge on any atom is -0.478 e. The van der Waals surface area contributed by atoms with E-state index in [4.69, 9.17) is 0 Å². The Bertz CT molecular complexity index is 420. The average Bonchev–Trinajstić information content (AvgIpc) is 2.79. The van der Waals surface area contributed by atoms with E-state index in [9.17, 15) is 9.90 Å². The first kappa shape index (κ1) is 12.1. The summed E-state index contributed by atoms with van der Waals surface area (Å²) in [7, 11) is 4.09. The first-order valence-electron chi connectivity index (χ1n) is 6.08. The van der Waals surface area contributed by atoms with Crippen LogP contribution in [0.3, 0.4) is 0 Å². The fourth-order valence-corrected chi connectivity index (χ4v) is 2.99. The van der Waals surface area contributed by atoms with Crippen molar-refractivity contribution in [2.24, 2.45) is 0 Å². The summed E-state index contributed by atoms with van der Waals surface area (Å²) < 4.78 is 0. The van der Waals surface area contributed by atoms with Crippen LogP contribution in [0.5, 0.6) is 0 Å². The molecule has 1 aliphatic carbocycles. The summed E-state index contributed by atoms with van der Waals surface area (Å²) in [6, 6.07) is 7.41. The van der Waals surface area contributed by atoms with Gasteiger partial charge in [-0.3, -0.25) is 4.90 Å². The molecule has 1 aliphatic rings. The van der Waals surface area contributed by atoms with Crippen molar-refractivity contribution in [2.75, 3.05) is 14.1 Å². The lowest BCUT2D eigenvalue weighted by Crippen LogP contribution is -2.40. The third-order valence-electron chi connectivity index (χ3n) is 3.95. The van der Waals surface area contributed by atoms with Crippen LogP contribution in [-0.4, -0.2) is 30.1 Å². The number of carboxylic acids is 1. The first-order chi connectivity index (χ1) is 8.08. The maximum Gasteiger partial charge on any atom is 0.336 e. The summed E-state index contributed by atoms with van der Waals surface area (Å²) in [5.41, 5.74) is 1.33. The van der Waals surface area contributed by atoms with Gasteiger partial charge in [-0.2, -0.15) is 0 Å². The minimum atomic E-state index is -0.825. The predicted molar refractivity (Wildman–Crippen MR) is 67.2 cm³/mol. The Labute approximate surface area is 102 Å². The van der Waals surface area contributed by atoms with Crippen molar-refractivity contribution in [3.63, 3.8) is 0 Å². The zero-order valence-corrected chi connectivity index (χ0v) is 10.4. The van der Waals surface area contributed by atoms with Crippen molar-refractivity contribution < 1.29 is 9.90 Å². The maximum atomic E-state index is 11.3. The number of aromatic carboxylic acids is 1. The molecule has 0 spiro atoms. The summed E-state index contributed by atoms with van der Waals surface area (Å²) in [6.45, 7) is 0. The Morgan fingerprint density at radius 3 is 2.35 bits per heavy atom. The lowest BCUT2D eigenvalue weighted by Gasteiger charge is -2.37. The van der Waals surface area contributed by atoms with E-state index in [1.807, 2.05) is 26.2 Å². The highest BCUT2D eigenvalue weighted by Crippen LogP contribution is 2.43. The van der Waals surface area contributed by atoms with Gasteiger partial charge in [0.2, 0.25) is 0 Å². The zero-order chi connectivity index (χ0) is 12.5. The number of hydrogen-bond acceptors (Lipinski definition) is 2. The largest absolute Gasteiger partial charge is 0.478 e.